The molecule has 0 fully saturated rings. The van der Waals surface area contributed by atoms with Gasteiger partial charge in [-0.25, -0.2) is 9.97 Å². The monoisotopic (exact) mass is 436 g/mol. The minimum atomic E-state index is 0.333. The predicted octanol–water partition coefficient (Wildman–Crippen LogP) is 6.33. The lowest BCUT2D eigenvalue weighted by molar-refractivity contribution is 0.177. The Morgan fingerprint density at radius 2 is 1.76 bits per heavy atom. The summed E-state index contributed by atoms with van der Waals surface area (Å²) in [5.74, 6) is 0.613. The van der Waals surface area contributed by atoms with Crippen LogP contribution in [0.15, 0.2) is 46.9 Å². The molecule has 0 saturated heterocycles. The van der Waals surface area contributed by atoms with Gasteiger partial charge in [0.2, 0.25) is 0 Å². The summed E-state index contributed by atoms with van der Waals surface area (Å²) in [6.07, 6.45) is 0. The van der Waals surface area contributed by atoms with Gasteiger partial charge in [-0.15, -0.1) is 0 Å². The fourth-order valence-corrected chi connectivity index (χ4v) is 3.43. The van der Waals surface area contributed by atoms with E-state index in [1.54, 1.807) is 13.2 Å². The minimum Gasteiger partial charge on any atom is -0.377 e. The molecule has 0 bridgehead atoms. The molecule has 0 saturated carbocycles. The Balaban J connectivity index is 2.27. The maximum Gasteiger partial charge on any atom is 0.154 e. The third-order valence-corrected chi connectivity index (χ3v) is 4.81. The van der Waals surface area contributed by atoms with E-state index in [1.807, 2.05) is 43.3 Å². The van der Waals surface area contributed by atoms with Crippen molar-refractivity contribution < 1.29 is 4.74 Å². The van der Waals surface area contributed by atoms with Crippen LogP contribution in [0.2, 0.25) is 10.0 Å². The van der Waals surface area contributed by atoms with E-state index in [4.69, 9.17) is 32.9 Å². The maximum atomic E-state index is 6.45. The van der Waals surface area contributed by atoms with Gasteiger partial charge in [0, 0.05) is 33.4 Å². The van der Waals surface area contributed by atoms with Gasteiger partial charge in [-0.05, 0) is 42.8 Å². The van der Waals surface area contributed by atoms with Crippen LogP contribution >= 0.6 is 39.1 Å². The molecule has 2 aromatic carbocycles. The zero-order chi connectivity index (χ0) is 18.0. The molecule has 3 aromatic rings. The zero-order valence-electron chi connectivity index (χ0n) is 13.7. The molecule has 0 amide bonds. The fourth-order valence-electron chi connectivity index (χ4n) is 2.66. The molecule has 0 aliphatic heterocycles. The summed E-state index contributed by atoms with van der Waals surface area (Å²) >= 11 is 16.0. The minimum absolute atomic E-state index is 0.333. The third-order valence-electron chi connectivity index (χ3n) is 3.73. The Labute approximate surface area is 165 Å². The molecule has 1 heterocycles. The molecule has 25 heavy (non-hydrogen) atoms. The lowest BCUT2D eigenvalue weighted by Crippen LogP contribution is -2.04. The number of aromatic nitrogens is 2. The Morgan fingerprint density at radius 3 is 2.40 bits per heavy atom. The first-order valence-corrected chi connectivity index (χ1v) is 9.12. The molecule has 0 aliphatic carbocycles. The van der Waals surface area contributed by atoms with Crippen molar-refractivity contribution in [2.75, 3.05) is 7.11 Å². The van der Waals surface area contributed by atoms with Gasteiger partial charge >= 0.3 is 0 Å². The Hall–Kier alpha value is -1.46. The first-order chi connectivity index (χ1) is 12.0. The van der Waals surface area contributed by atoms with Crippen LogP contribution in [0, 0.1) is 6.92 Å². The molecule has 128 valence electrons. The summed E-state index contributed by atoms with van der Waals surface area (Å²) in [5.41, 5.74) is 4.41. The topological polar surface area (TPSA) is 35.0 Å². The van der Waals surface area contributed by atoms with Crippen molar-refractivity contribution in [2.45, 2.75) is 13.5 Å². The van der Waals surface area contributed by atoms with E-state index in [0.717, 1.165) is 32.6 Å². The van der Waals surface area contributed by atoms with E-state index in [2.05, 4.69) is 20.9 Å². The van der Waals surface area contributed by atoms with Gasteiger partial charge in [0.25, 0.3) is 0 Å². The van der Waals surface area contributed by atoms with Crippen molar-refractivity contribution in [2.24, 2.45) is 0 Å². The molecular weight excluding hydrogens is 423 g/mol. The van der Waals surface area contributed by atoms with Crippen molar-refractivity contribution >= 4 is 39.1 Å². The Morgan fingerprint density at radius 1 is 1.04 bits per heavy atom. The van der Waals surface area contributed by atoms with Crippen LogP contribution < -0.4 is 0 Å². The highest BCUT2D eigenvalue weighted by atomic mass is 79.9. The van der Waals surface area contributed by atoms with E-state index in [9.17, 15) is 0 Å². The van der Waals surface area contributed by atoms with Crippen LogP contribution in [-0.4, -0.2) is 17.1 Å². The second kappa shape index (κ2) is 7.83. The van der Waals surface area contributed by atoms with E-state index in [-0.39, 0.29) is 0 Å². The molecule has 1 aromatic heterocycles. The normalized spacial score (nSPS) is 10.9. The second-order valence-electron chi connectivity index (χ2n) is 5.51. The third kappa shape index (κ3) is 4.04. The van der Waals surface area contributed by atoms with Crippen LogP contribution in [0.3, 0.4) is 0 Å². The maximum absolute atomic E-state index is 6.45. The Kier molecular flexibility index (Phi) is 5.74. The summed E-state index contributed by atoms with van der Waals surface area (Å²) < 4.78 is 6.21. The van der Waals surface area contributed by atoms with Gasteiger partial charge in [-0.1, -0.05) is 51.3 Å². The molecule has 6 heteroatoms. The van der Waals surface area contributed by atoms with Gasteiger partial charge in [0.05, 0.1) is 10.7 Å². The zero-order valence-corrected chi connectivity index (χ0v) is 16.8. The molecule has 0 unspecified atom stereocenters. The number of methoxy groups -OCH3 is 1. The van der Waals surface area contributed by atoms with Gasteiger partial charge in [0.1, 0.15) is 6.61 Å². The number of nitrogens with zero attached hydrogens (tertiary/aromatic N) is 2. The number of halogens is 3. The highest BCUT2D eigenvalue weighted by Gasteiger charge is 2.17. The second-order valence-corrected chi connectivity index (χ2v) is 7.27. The number of aryl methyl sites for hydroxylation is 1. The number of rotatable bonds is 4. The first-order valence-electron chi connectivity index (χ1n) is 7.57. The lowest BCUT2D eigenvalue weighted by atomic mass is 9.98. The summed E-state index contributed by atoms with van der Waals surface area (Å²) in [4.78, 5) is 9.29. The SMILES string of the molecule is COCc1nc(C)c(-c2ccc(Br)cc2)c(-c2ccc(Cl)cc2Cl)n1. The van der Waals surface area contributed by atoms with Crippen molar-refractivity contribution in [3.05, 3.63) is 68.5 Å². The molecule has 3 rings (SSSR count). The van der Waals surface area contributed by atoms with Crippen molar-refractivity contribution in [1.82, 2.24) is 9.97 Å². The van der Waals surface area contributed by atoms with E-state index in [1.165, 1.54) is 0 Å². The van der Waals surface area contributed by atoms with Crippen LogP contribution in [0.4, 0.5) is 0 Å². The quantitative estimate of drug-likeness (QED) is 0.477. The molecule has 0 radical (unpaired) electrons. The average molecular weight is 438 g/mol. The Bertz CT molecular complexity index is 914. The first kappa shape index (κ1) is 18.3. The largest absolute Gasteiger partial charge is 0.377 e. The van der Waals surface area contributed by atoms with E-state index < -0.39 is 0 Å². The standard InChI is InChI=1S/C19H15BrCl2N2O/c1-11-18(12-3-5-13(20)6-4-12)19(24-17(23-11)10-25-2)15-8-7-14(21)9-16(15)22/h3-9H,10H2,1-2H3. The fraction of sp³-hybridized carbons (Fsp3) is 0.158. The molecule has 0 atom stereocenters. The highest BCUT2D eigenvalue weighted by Crippen LogP contribution is 2.37. The van der Waals surface area contributed by atoms with Crippen LogP contribution in [0.25, 0.3) is 22.4 Å². The van der Waals surface area contributed by atoms with Gasteiger partial charge in [-0.3, -0.25) is 0 Å². The van der Waals surface area contributed by atoms with Gasteiger partial charge < -0.3 is 4.74 Å². The van der Waals surface area contributed by atoms with Crippen molar-refractivity contribution in [3.8, 4) is 22.4 Å². The molecular formula is C19H15BrCl2N2O. The predicted molar refractivity (Wildman–Crippen MR) is 106 cm³/mol. The van der Waals surface area contributed by atoms with Gasteiger partial charge in [0.15, 0.2) is 5.82 Å². The summed E-state index contributed by atoms with van der Waals surface area (Å²) in [6, 6.07) is 13.4. The van der Waals surface area contributed by atoms with Crippen LogP contribution in [-0.2, 0) is 11.3 Å². The van der Waals surface area contributed by atoms with Crippen molar-refractivity contribution in [3.63, 3.8) is 0 Å². The van der Waals surface area contributed by atoms with Crippen molar-refractivity contribution in [1.29, 1.82) is 0 Å². The number of benzene rings is 2. The number of hydrogen-bond acceptors (Lipinski definition) is 3. The average Bonchev–Trinajstić information content (AvgIpc) is 2.56. The highest BCUT2D eigenvalue weighted by molar-refractivity contribution is 9.10. The molecule has 3 nitrogen and oxygen atoms in total. The van der Waals surface area contributed by atoms with Crippen LogP contribution in [0.1, 0.15) is 11.5 Å². The van der Waals surface area contributed by atoms with Gasteiger partial charge in [-0.2, -0.15) is 0 Å². The number of hydrogen-bond donors (Lipinski definition) is 0. The summed E-state index contributed by atoms with van der Waals surface area (Å²) in [7, 11) is 1.62. The van der Waals surface area contributed by atoms with E-state index >= 15 is 0 Å². The number of ether oxygens (including phenoxy) is 1. The summed E-state index contributed by atoms with van der Waals surface area (Å²) in [6.45, 7) is 2.30. The van der Waals surface area contributed by atoms with E-state index in [0.29, 0.717) is 22.5 Å². The van der Waals surface area contributed by atoms with Crippen LogP contribution in [0.5, 0.6) is 0 Å². The molecule has 0 spiro atoms. The molecule has 0 aliphatic rings. The summed E-state index contributed by atoms with van der Waals surface area (Å²) in [5, 5.41) is 1.13. The lowest BCUT2D eigenvalue weighted by Gasteiger charge is -2.15. The smallest absolute Gasteiger partial charge is 0.154 e. The molecule has 0 N–H and O–H groups in total.